The van der Waals surface area contributed by atoms with Crippen molar-refractivity contribution in [1.82, 2.24) is 16.0 Å². The average molecular weight is 750 g/mol. The number of carbonyl (C=O) groups excluding carboxylic acids is 3. The zero-order valence-electron chi connectivity index (χ0n) is 36.3. The number of rotatable bonds is 2. The molecule has 3 amide bonds. The van der Waals surface area contributed by atoms with Crippen LogP contribution in [0.1, 0.15) is 155 Å². The number of hydrogen-bond acceptors (Lipinski definition) is 3. The third kappa shape index (κ3) is 9.51. The number of amides is 3. The topological polar surface area (TPSA) is 87.3 Å². The molecule has 6 rings (SSSR count). The second-order valence-electron chi connectivity index (χ2n) is 15.3. The number of nitrogens with one attached hydrogen (secondary N) is 3. The van der Waals surface area contributed by atoms with Gasteiger partial charge in [0.25, 0.3) is 11.8 Å². The van der Waals surface area contributed by atoms with Crippen LogP contribution in [0.15, 0.2) is 12.2 Å². The lowest BCUT2D eigenvalue weighted by atomic mass is 9.83. The van der Waals surface area contributed by atoms with E-state index in [4.69, 9.17) is 0 Å². The Morgan fingerprint density at radius 1 is 0.473 bits per heavy atom. The standard InChI is InChI=1S/C17H23NO.C15H19NO.C13H17NO.C3H8.CH4/c1-6-7-8-14-16-13(5)11(3)10(2)12(4)15(16)9-18-17(14)19;1-6-12-14-11(5)9(3)8(2)10(4)13(14)7-16-15(12)17;1-7-8(2)10(4)12-6-14-13(15)5-11(12)9(7)3;1-3-2;/h8H,6-7,9H2,1-5H3,(H,18,19);6H,7H2,1-5H3,(H,16,17);5-6H2,1-4H3,(H,14,15);3H2,1-2H3;1H4/b14-8-;12-6+;;;. The Bertz CT molecular complexity index is 2030. The summed E-state index contributed by atoms with van der Waals surface area (Å²) >= 11 is 0. The van der Waals surface area contributed by atoms with Gasteiger partial charge >= 0.3 is 0 Å². The Labute approximate surface area is 334 Å². The second-order valence-corrected chi connectivity index (χ2v) is 15.3. The van der Waals surface area contributed by atoms with Crippen LogP contribution in [0.25, 0.3) is 11.1 Å². The molecule has 0 aromatic heterocycles. The minimum absolute atomic E-state index is 0. The molecule has 0 saturated heterocycles. The van der Waals surface area contributed by atoms with Crippen molar-refractivity contribution in [1.29, 1.82) is 0 Å². The van der Waals surface area contributed by atoms with Gasteiger partial charge in [0.15, 0.2) is 0 Å². The van der Waals surface area contributed by atoms with E-state index in [1.165, 1.54) is 101 Å². The SMILES string of the molecule is C.C/C=C1/C(=O)NCc2c(C)c(C)c(C)c(C)c21.CCC.CCC/C=C1\C(=O)NCc2c(C)c(C)c(C)c(C)c21.Cc1c(C)c(C)c2c(c1C)CNC(=O)C2. The molecule has 3 N–H and O–H groups in total. The molecule has 3 aromatic carbocycles. The molecule has 0 aliphatic carbocycles. The van der Waals surface area contributed by atoms with Gasteiger partial charge in [0.2, 0.25) is 5.91 Å². The Morgan fingerprint density at radius 2 is 0.818 bits per heavy atom. The Morgan fingerprint density at radius 3 is 1.24 bits per heavy atom. The highest BCUT2D eigenvalue weighted by Crippen LogP contribution is 2.36. The van der Waals surface area contributed by atoms with Crippen LogP contribution in [0.5, 0.6) is 0 Å². The first-order valence-electron chi connectivity index (χ1n) is 19.9. The molecule has 0 spiro atoms. The fraction of sp³-hybridized carbons (Fsp3) is 0.490. The van der Waals surface area contributed by atoms with Gasteiger partial charge in [-0.15, -0.1) is 0 Å². The zero-order chi connectivity index (χ0) is 40.8. The normalized spacial score (nSPS) is 15.3. The summed E-state index contributed by atoms with van der Waals surface area (Å²) < 4.78 is 0. The zero-order valence-corrected chi connectivity index (χ0v) is 36.3. The minimum Gasteiger partial charge on any atom is -0.352 e. The summed E-state index contributed by atoms with van der Waals surface area (Å²) in [6, 6.07) is 0. The summed E-state index contributed by atoms with van der Waals surface area (Å²) in [7, 11) is 0. The number of carbonyl (C=O) groups is 3. The van der Waals surface area contributed by atoms with Gasteiger partial charge in [-0.2, -0.15) is 0 Å². The molecule has 0 fully saturated rings. The number of hydrogen-bond donors (Lipinski definition) is 3. The van der Waals surface area contributed by atoms with E-state index < -0.39 is 0 Å². The molecule has 0 bridgehead atoms. The van der Waals surface area contributed by atoms with Crippen molar-refractivity contribution in [3.8, 4) is 0 Å². The second kappa shape index (κ2) is 19.9. The summed E-state index contributed by atoms with van der Waals surface area (Å²) in [4.78, 5) is 35.4. The summed E-state index contributed by atoms with van der Waals surface area (Å²) in [6.45, 7) is 36.1. The Kier molecular flexibility index (Phi) is 16.9. The highest BCUT2D eigenvalue weighted by atomic mass is 16.2. The molecule has 0 atom stereocenters. The number of benzene rings is 3. The van der Waals surface area contributed by atoms with Crippen molar-refractivity contribution < 1.29 is 14.4 Å². The van der Waals surface area contributed by atoms with Crippen LogP contribution in [0.2, 0.25) is 0 Å². The number of unbranched alkanes of at least 4 members (excludes halogenated alkanes) is 1. The lowest BCUT2D eigenvalue weighted by Gasteiger charge is -2.26. The number of fused-ring (bicyclic) bond motifs is 3. The molecule has 0 unspecified atom stereocenters. The van der Waals surface area contributed by atoms with E-state index in [0.717, 1.165) is 29.6 Å². The monoisotopic (exact) mass is 750 g/mol. The first-order valence-corrected chi connectivity index (χ1v) is 19.9. The van der Waals surface area contributed by atoms with Gasteiger partial charge in [0, 0.05) is 30.8 Å². The van der Waals surface area contributed by atoms with E-state index in [9.17, 15) is 14.4 Å². The van der Waals surface area contributed by atoms with Crippen molar-refractivity contribution in [2.45, 2.75) is 164 Å². The van der Waals surface area contributed by atoms with Crippen LogP contribution in [0.3, 0.4) is 0 Å². The van der Waals surface area contributed by atoms with Crippen molar-refractivity contribution in [2.24, 2.45) is 0 Å². The van der Waals surface area contributed by atoms with Crippen LogP contribution in [-0.4, -0.2) is 17.7 Å². The first-order chi connectivity index (χ1) is 25.4. The van der Waals surface area contributed by atoms with Gasteiger partial charge in [0.05, 0.1) is 6.42 Å². The average Bonchev–Trinajstić information content (AvgIpc) is 3.15. The van der Waals surface area contributed by atoms with Gasteiger partial charge in [-0.3, -0.25) is 14.4 Å². The van der Waals surface area contributed by atoms with E-state index in [1.807, 2.05) is 13.0 Å². The Hall–Kier alpha value is -4.45. The molecule has 6 nitrogen and oxygen atoms in total. The predicted molar refractivity (Wildman–Crippen MR) is 235 cm³/mol. The molecular formula is C49H71N3O3. The van der Waals surface area contributed by atoms with Crippen molar-refractivity contribution in [2.75, 3.05) is 0 Å². The maximum Gasteiger partial charge on any atom is 0.251 e. The third-order valence-corrected chi connectivity index (χ3v) is 12.2. The van der Waals surface area contributed by atoms with Crippen molar-refractivity contribution >= 4 is 28.9 Å². The van der Waals surface area contributed by atoms with Crippen molar-refractivity contribution in [3.63, 3.8) is 0 Å². The summed E-state index contributed by atoms with van der Waals surface area (Å²) in [5, 5.41) is 8.87. The smallest absolute Gasteiger partial charge is 0.251 e. The maximum absolute atomic E-state index is 12.1. The van der Waals surface area contributed by atoms with Gasteiger partial charge in [-0.05, 0) is 197 Å². The van der Waals surface area contributed by atoms with Crippen molar-refractivity contribution in [3.05, 3.63) is 112 Å². The fourth-order valence-corrected chi connectivity index (χ4v) is 7.82. The van der Waals surface area contributed by atoms with E-state index in [-0.39, 0.29) is 25.1 Å². The quantitative estimate of drug-likeness (QED) is 0.228. The molecule has 55 heavy (non-hydrogen) atoms. The highest BCUT2D eigenvalue weighted by molar-refractivity contribution is 6.22. The minimum atomic E-state index is 0. The molecule has 0 saturated carbocycles. The van der Waals surface area contributed by atoms with E-state index in [0.29, 0.717) is 26.1 Å². The molecule has 3 aliphatic heterocycles. The largest absolute Gasteiger partial charge is 0.352 e. The number of allylic oxidation sites excluding steroid dienone is 2. The van der Waals surface area contributed by atoms with Gasteiger partial charge in [-0.1, -0.05) is 53.2 Å². The van der Waals surface area contributed by atoms with E-state index >= 15 is 0 Å². The van der Waals surface area contributed by atoms with Crippen LogP contribution in [0, 0.1) is 83.1 Å². The molecule has 0 radical (unpaired) electrons. The molecular weight excluding hydrogens is 679 g/mol. The molecule has 6 heteroatoms. The Balaban J connectivity index is 0.000000274. The molecule has 3 aromatic rings. The third-order valence-electron chi connectivity index (χ3n) is 12.2. The first kappa shape index (κ1) is 46.7. The maximum atomic E-state index is 12.1. The lowest BCUT2D eigenvalue weighted by molar-refractivity contribution is -0.121. The van der Waals surface area contributed by atoms with Gasteiger partial charge in [0.1, 0.15) is 0 Å². The van der Waals surface area contributed by atoms with E-state index in [2.05, 4.69) is 126 Å². The summed E-state index contributed by atoms with van der Waals surface area (Å²) in [5.74, 6) is 0.269. The predicted octanol–water partition coefficient (Wildman–Crippen LogP) is 10.8. The highest BCUT2D eigenvalue weighted by Gasteiger charge is 2.27. The molecule has 3 heterocycles. The van der Waals surface area contributed by atoms with Gasteiger partial charge < -0.3 is 16.0 Å². The van der Waals surface area contributed by atoms with Crippen LogP contribution < -0.4 is 16.0 Å². The summed E-state index contributed by atoms with van der Waals surface area (Å²) in [6.07, 6.45) is 7.81. The lowest BCUT2D eigenvalue weighted by Crippen LogP contribution is -2.32. The fourth-order valence-electron chi connectivity index (χ4n) is 7.82. The molecule has 300 valence electrons. The van der Waals surface area contributed by atoms with E-state index in [1.54, 1.807) is 0 Å². The van der Waals surface area contributed by atoms with Gasteiger partial charge in [-0.25, -0.2) is 0 Å². The molecule has 3 aliphatic rings. The summed E-state index contributed by atoms with van der Waals surface area (Å²) in [5.41, 5.74) is 24.9. The van der Waals surface area contributed by atoms with Crippen LogP contribution >= 0.6 is 0 Å². The van der Waals surface area contributed by atoms with Crippen LogP contribution in [0.4, 0.5) is 0 Å². The van der Waals surface area contributed by atoms with Crippen LogP contribution in [-0.2, 0) is 40.4 Å².